The number of rotatable bonds is 2. The summed E-state index contributed by atoms with van der Waals surface area (Å²) in [6, 6.07) is 3.46. The Morgan fingerprint density at radius 1 is 1.47 bits per heavy atom. The zero-order valence-corrected chi connectivity index (χ0v) is 10.7. The van der Waals surface area contributed by atoms with Gasteiger partial charge in [-0.3, -0.25) is 4.40 Å². The molecule has 100 valence electrons. The van der Waals surface area contributed by atoms with Gasteiger partial charge in [0.15, 0.2) is 5.65 Å². The Kier molecular flexibility index (Phi) is 3.16. The molecule has 3 heterocycles. The molecular formula is C13H15N3O3. The molecule has 0 spiro atoms. The van der Waals surface area contributed by atoms with Crippen LogP contribution < -0.4 is 0 Å². The Hall–Kier alpha value is -1.95. The van der Waals surface area contributed by atoms with Gasteiger partial charge in [0, 0.05) is 18.7 Å². The summed E-state index contributed by atoms with van der Waals surface area (Å²) < 4.78 is 12.1. The third kappa shape index (κ3) is 2.19. The van der Waals surface area contributed by atoms with Crippen LogP contribution in [-0.2, 0) is 9.47 Å². The smallest absolute Gasteiger partial charge is 0.339 e. The first-order chi connectivity index (χ1) is 9.29. The maximum atomic E-state index is 11.6. The van der Waals surface area contributed by atoms with Crippen LogP contribution in [0, 0.1) is 0 Å². The summed E-state index contributed by atoms with van der Waals surface area (Å²) in [5.41, 5.74) is 1.22. The van der Waals surface area contributed by atoms with E-state index in [0.29, 0.717) is 12.2 Å². The Labute approximate surface area is 110 Å². The van der Waals surface area contributed by atoms with E-state index in [9.17, 15) is 4.79 Å². The maximum absolute atomic E-state index is 11.6. The molecule has 1 atom stereocenters. The van der Waals surface area contributed by atoms with Gasteiger partial charge in [-0.25, -0.2) is 4.79 Å². The molecule has 0 aliphatic carbocycles. The highest BCUT2D eigenvalue weighted by Gasteiger charge is 2.22. The van der Waals surface area contributed by atoms with Crippen LogP contribution in [0.25, 0.3) is 5.65 Å². The standard InChI is InChI=1S/C13H15N3O3/c1-18-13(17)9-4-5-11-14-15-12(16(11)7-9)10-3-2-6-19-8-10/h4-5,7,10H,2-3,6,8H2,1H3. The molecule has 6 heteroatoms. The molecule has 1 aliphatic heterocycles. The van der Waals surface area contributed by atoms with Gasteiger partial charge in [-0.15, -0.1) is 10.2 Å². The summed E-state index contributed by atoms with van der Waals surface area (Å²) >= 11 is 0. The van der Waals surface area contributed by atoms with Gasteiger partial charge in [0.2, 0.25) is 0 Å². The van der Waals surface area contributed by atoms with Crippen LogP contribution in [0.15, 0.2) is 18.3 Å². The minimum atomic E-state index is -0.360. The average Bonchev–Trinajstić information content (AvgIpc) is 2.90. The minimum absolute atomic E-state index is 0.233. The van der Waals surface area contributed by atoms with Crippen molar-refractivity contribution < 1.29 is 14.3 Å². The van der Waals surface area contributed by atoms with E-state index in [1.165, 1.54) is 7.11 Å². The van der Waals surface area contributed by atoms with Gasteiger partial charge in [0.05, 0.1) is 19.3 Å². The number of fused-ring (bicyclic) bond motifs is 1. The third-order valence-electron chi connectivity index (χ3n) is 3.38. The normalized spacial score (nSPS) is 19.5. The molecule has 6 nitrogen and oxygen atoms in total. The number of pyridine rings is 1. The number of nitrogens with zero attached hydrogens (tertiary/aromatic N) is 3. The van der Waals surface area contributed by atoms with Gasteiger partial charge >= 0.3 is 5.97 Å². The van der Waals surface area contributed by atoms with Gasteiger partial charge in [0.1, 0.15) is 5.82 Å². The number of carbonyl (C=O) groups excluding carboxylic acids is 1. The van der Waals surface area contributed by atoms with Crippen molar-refractivity contribution in [3.63, 3.8) is 0 Å². The molecule has 1 unspecified atom stereocenters. The molecular weight excluding hydrogens is 246 g/mol. The summed E-state index contributed by atoms with van der Waals surface area (Å²) in [6.07, 6.45) is 3.78. The molecule has 0 bridgehead atoms. The molecule has 1 aliphatic rings. The first kappa shape index (κ1) is 12.1. The first-order valence-corrected chi connectivity index (χ1v) is 6.30. The fourth-order valence-corrected chi connectivity index (χ4v) is 2.37. The van der Waals surface area contributed by atoms with E-state index in [-0.39, 0.29) is 11.9 Å². The second-order valence-electron chi connectivity index (χ2n) is 4.61. The molecule has 2 aromatic heterocycles. The van der Waals surface area contributed by atoms with Crippen molar-refractivity contribution in [1.29, 1.82) is 0 Å². The molecule has 1 fully saturated rings. The number of hydrogen-bond donors (Lipinski definition) is 0. The lowest BCUT2D eigenvalue weighted by Gasteiger charge is -2.20. The highest BCUT2D eigenvalue weighted by atomic mass is 16.5. The lowest BCUT2D eigenvalue weighted by molar-refractivity contribution is 0.0600. The summed E-state index contributed by atoms with van der Waals surface area (Å²) in [6.45, 7) is 1.46. The van der Waals surface area contributed by atoms with Crippen LogP contribution >= 0.6 is 0 Å². The van der Waals surface area contributed by atoms with Crippen LogP contribution in [0.2, 0.25) is 0 Å². The molecule has 3 rings (SSSR count). The monoisotopic (exact) mass is 261 g/mol. The first-order valence-electron chi connectivity index (χ1n) is 6.30. The Bertz CT molecular complexity index is 602. The van der Waals surface area contributed by atoms with E-state index in [2.05, 4.69) is 10.2 Å². The van der Waals surface area contributed by atoms with Crippen molar-refractivity contribution in [2.75, 3.05) is 20.3 Å². The van der Waals surface area contributed by atoms with Crippen molar-refractivity contribution in [3.8, 4) is 0 Å². The Morgan fingerprint density at radius 2 is 2.37 bits per heavy atom. The van der Waals surface area contributed by atoms with Gasteiger partial charge in [0.25, 0.3) is 0 Å². The molecule has 19 heavy (non-hydrogen) atoms. The van der Waals surface area contributed by atoms with Gasteiger partial charge in [-0.2, -0.15) is 0 Å². The Morgan fingerprint density at radius 3 is 3.11 bits per heavy atom. The predicted octanol–water partition coefficient (Wildman–Crippen LogP) is 1.41. The van der Waals surface area contributed by atoms with Crippen molar-refractivity contribution in [1.82, 2.24) is 14.6 Å². The predicted molar refractivity (Wildman–Crippen MR) is 67.1 cm³/mol. The van der Waals surface area contributed by atoms with Crippen LogP contribution in [0.5, 0.6) is 0 Å². The van der Waals surface area contributed by atoms with Gasteiger partial charge < -0.3 is 9.47 Å². The largest absolute Gasteiger partial charge is 0.465 e. The molecule has 2 aromatic rings. The average molecular weight is 261 g/mol. The second-order valence-corrected chi connectivity index (χ2v) is 4.61. The van der Waals surface area contributed by atoms with E-state index < -0.39 is 0 Å². The Balaban J connectivity index is 2.02. The zero-order valence-electron chi connectivity index (χ0n) is 10.7. The number of aromatic nitrogens is 3. The van der Waals surface area contributed by atoms with Gasteiger partial charge in [-0.1, -0.05) is 0 Å². The number of ether oxygens (including phenoxy) is 2. The van der Waals surface area contributed by atoms with Crippen molar-refractivity contribution in [3.05, 3.63) is 29.7 Å². The van der Waals surface area contributed by atoms with Crippen LogP contribution in [0.3, 0.4) is 0 Å². The third-order valence-corrected chi connectivity index (χ3v) is 3.38. The van der Waals surface area contributed by atoms with E-state index >= 15 is 0 Å². The fraction of sp³-hybridized carbons (Fsp3) is 0.462. The van der Waals surface area contributed by atoms with Crippen LogP contribution in [0.4, 0.5) is 0 Å². The quantitative estimate of drug-likeness (QED) is 0.765. The number of esters is 1. The lowest BCUT2D eigenvalue weighted by Crippen LogP contribution is -2.18. The molecule has 0 N–H and O–H groups in total. The fourth-order valence-electron chi connectivity index (χ4n) is 2.37. The minimum Gasteiger partial charge on any atom is -0.465 e. The van der Waals surface area contributed by atoms with E-state index in [1.807, 2.05) is 4.40 Å². The topological polar surface area (TPSA) is 65.7 Å². The molecule has 1 saturated heterocycles. The molecule has 0 radical (unpaired) electrons. The second kappa shape index (κ2) is 4.97. The van der Waals surface area contributed by atoms with Crippen molar-refractivity contribution in [2.24, 2.45) is 0 Å². The molecule has 0 aromatic carbocycles. The highest BCUT2D eigenvalue weighted by Crippen LogP contribution is 2.24. The van der Waals surface area contributed by atoms with Crippen LogP contribution in [0.1, 0.15) is 34.9 Å². The van der Waals surface area contributed by atoms with Crippen molar-refractivity contribution in [2.45, 2.75) is 18.8 Å². The van der Waals surface area contributed by atoms with Crippen molar-refractivity contribution >= 4 is 11.6 Å². The molecule has 0 amide bonds. The number of carbonyl (C=O) groups is 1. The van der Waals surface area contributed by atoms with E-state index in [4.69, 9.17) is 9.47 Å². The summed E-state index contributed by atoms with van der Waals surface area (Å²) in [4.78, 5) is 11.6. The summed E-state index contributed by atoms with van der Waals surface area (Å²) in [5, 5.41) is 8.35. The van der Waals surface area contributed by atoms with E-state index in [1.54, 1.807) is 18.3 Å². The highest BCUT2D eigenvalue weighted by molar-refractivity contribution is 5.89. The maximum Gasteiger partial charge on any atom is 0.339 e. The number of methoxy groups -OCH3 is 1. The molecule has 0 saturated carbocycles. The summed E-state index contributed by atoms with van der Waals surface area (Å²) in [7, 11) is 1.37. The number of hydrogen-bond acceptors (Lipinski definition) is 5. The van der Waals surface area contributed by atoms with Gasteiger partial charge in [-0.05, 0) is 25.0 Å². The summed E-state index contributed by atoms with van der Waals surface area (Å²) in [5.74, 6) is 0.721. The van der Waals surface area contributed by atoms with E-state index in [0.717, 1.165) is 30.9 Å². The van der Waals surface area contributed by atoms with Crippen LogP contribution in [-0.4, -0.2) is 40.9 Å². The zero-order chi connectivity index (χ0) is 13.2. The lowest BCUT2D eigenvalue weighted by atomic mass is 10.0. The SMILES string of the molecule is COC(=O)c1ccc2nnc(C3CCCOC3)n2c1.